The number of hydrogen-bond acceptors (Lipinski definition) is 5. The molecule has 138 valence electrons. The average Bonchev–Trinajstić information content (AvgIpc) is 2.68. The second-order valence-electron chi connectivity index (χ2n) is 5.92. The molecule has 0 saturated heterocycles. The molecule has 0 bridgehead atoms. The second kappa shape index (κ2) is 8.80. The number of aromatic nitrogens is 2. The predicted octanol–water partition coefficient (Wildman–Crippen LogP) is 3.87. The summed E-state index contributed by atoms with van der Waals surface area (Å²) in [7, 11) is 0. The van der Waals surface area contributed by atoms with Gasteiger partial charge in [0.05, 0.1) is 12.3 Å². The third-order valence-corrected chi connectivity index (χ3v) is 3.76. The summed E-state index contributed by atoms with van der Waals surface area (Å²) in [6.07, 6.45) is 0. The van der Waals surface area contributed by atoms with Crippen molar-refractivity contribution in [3.05, 3.63) is 66.2 Å². The summed E-state index contributed by atoms with van der Waals surface area (Å²) in [5.74, 6) is 0.957. The van der Waals surface area contributed by atoms with E-state index in [4.69, 9.17) is 9.47 Å². The normalized spacial score (nSPS) is 10.3. The summed E-state index contributed by atoms with van der Waals surface area (Å²) in [4.78, 5) is 12.1. The Hall–Kier alpha value is -3.41. The van der Waals surface area contributed by atoms with Crippen LogP contribution in [0, 0.1) is 6.92 Å². The van der Waals surface area contributed by atoms with Crippen LogP contribution in [0.3, 0.4) is 0 Å². The molecule has 0 atom stereocenters. The van der Waals surface area contributed by atoms with Crippen LogP contribution in [-0.2, 0) is 4.79 Å². The number of anilines is 1. The summed E-state index contributed by atoms with van der Waals surface area (Å²) in [6, 6.07) is 18.6. The number of aryl methyl sites for hydroxylation is 1. The zero-order valence-electron chi connectivity index (χ0n) is 15.3. The van der Waals surface area contributed by atoms with E-state index in [1.54, 1.807) is 6.07 Å². The van der Waals surface area contributed by atoms with Crippen LogP contribution in [0.4, 0.5) is 5.69 Å². The topological polar surface area (TPSA) is 73.3 Å². The molecule has 0 aliphatic rings. The Balaban J connectivity index is 1.56. The molecule has 6 nitrogen and oxygen atoms in total. The van der Waals surface area contributed by atoms with Crippen LogP contribution in [0.1, 0.15) is 12.5 Å². The lowest BCUT2D eigenvalue weighted by Crippen LogP contribution is -2.20. The van der Waals surface area contributed by atoms with Crippen LogP contribution < -0.4 is 14.8 Å². The largest absolute Gasteiger partial charge is 0.484 e. The summed E-state index contributed by atoms with van der Waals surface area (Å²) in [5, 5.41) is 11.0. The molecule has 0 fully saturated rings. The fourth-order valence-corrected chi connectivity index (χ4v) is 2.47. The highest BCUT2D eigenvalue weighted by Crippen LogP contribution is 2.20. The lowest BCUT2D eigenvalue weighted by molar-refractivity contribution is -0.118. The van der Waals surface area contributed by atoms with Gasteiger partial charge in [-0.15, -0.1) is 10.2 Å². The molecule has 1 heterocycles. The zero-order valence-corrected chi connectivity index (χ0v) is 15.3. The molecule has 2 aromatic carbocycles. The van der Waals surface area contributed by atoms with Gasteiger partial charge in [-0.3, -0.25) is 4.79 Å². The van der Waals surface area contributed by atoms with Crippen LogP contribution in [-0.4, -0.2) is 29.3 Å². The molecule has 3 rings (SSSR count). The monoisotopic (exact) mass is 363 g/mol. The lowest BCUT2D eigenvalue weighted by atomic mass is 10.1. The number of rotatable bonds is 7. The van der Waals surface area contributed by atoms with Crippen LogP contribution in [0.25, 0.3) is 11.3 Å². The lowest BCUT2D eigenvalue weighted by Gasteiger charge is -2.09. The fourth-order valence-electron chi connectivity index (χ4n) is 2.47. The van der Waals surface area contributed by atoms with Crippen molar-refractivity contribution in [1.82, 2.24) is 10.2 Å². The SMILES string of the molecule is CCOc1ccc(-c2ccc(NC(=O)COc3cccc(C)c3)cc2)nn1. The van der Waals surface area contributed by atoms with Gasteiger partial charge in [-0.1, -0.05) is 24.3 Å². The van der Waals surface area contributed by atoms with E-state index < -0.39 is 0 Å². The van der Waals surface area contributed by atoms with Crippen molar-refractivity contribution in [3.63, 3.8) is 0 Å². The molecule has 0 radical (unpaired) electrons. The number of nitrogens with zero attached hydrogens (tertiary/aromatic N) is 2. The Morgan fingerprint density at radius 2 is 1.81 bits per heavy atom. The third kappa shape index (κ3) is 5.28. The van der Waals surface area contributed by atoms with Crippen molar-refractivity contribution in [1.29, 1.82) is 0 Å². The molecule has 1 amide bonds. The second-order valence-corrected chi connectivity index (χ2v) is 5.92. The fraction of sp³-hybridized carbons (Fsp3) is 0.190. The number of carbonyl (C=O) groups excluding carboxylic acids is 1. The van der Waals surface area contributed by atoms with Gasteiger partial charge in [0.25, 0.3) is 5.91 Å². The van der Waals surface area contributed by atoms with Gasteiger partial charge in [0.1, 0.15) is 5.75 Å². The summed E-state index contributed by atoms with van der Waals surface area (Å²) in [5.41, 5.74) is 3.41. The maximum Gasteiger partial charge on any atom is 0.262 e. The van der Waals surface area contributed by atoms with Gasteiger partial charge in [0.15, 0.2) is 6.61 Å². The molecule has 0 aliphatic carbocycles. The van der Waals surface area contributed by atoms with Gasteiger partial charge in [-0.2, -0.15) is 0 Å². The quantitative estimate of drug-likeness (QED) is 0.690. The first-order valence-corrected chi connectivity index (χ1v) is 8.70. The van der Waals surface area contributed by atoms with E-state index in [9.17, 15) is 4.79 Å². The van der Waals surface area contributed by atoms with Crippen molar-refractivity contribution in [2.75, 3.05) is 18.5 Å². The van der Waals surface area contributed by atoms with Gasteiger partial charge in [-0.25, -0.2) is 0 Å². The Kier molecular flexibility index (Phi) is 5.99. The maximum absolute atomic E-state index is 12.1. The summed E-state index contributed by atoms with van der Waals surface area (Å²) < 4.78 is 10.8. The third-order valence-electron chi connectivity index (χ3n) is 3.76. The first-order valence-electron chi connectivity index (χ1n) is 8.70. The minimum atomic E-state index is -0.217. The van der Waals surface area contributed by atoms with Crippen LogP contribution in [0.2, 0.25) is 0 Å². The maximum atomic E-state index is 12.1. The van der Waals surface area contributed by atoms with Crippen molar-refractivity contribution in [2.45, 2.75) is 13.8 Å². The molecule has 27 heavy (non-hydrogen) atoms. The number of ether oxygens (including phenoxy) is 2. The van der Waals surface area contributed by atoms with Crippen molar-refractivity contribution < 1.29 is 14.3 Å². The zero-order chi connectivity index (χ0) is 19.1. The van der Waals surface area contributed by atoms with Gasteiger partial charge in [0, 0.05) is 17.3 Å². The molecule has 1 aromatic heterocycles. The minimum Gasteiger partial charge on any atom is -0.484 e. The summed E-state index contributed by atoms with van der Waals surface area (Å²) >= 11 is 0. The molecule has 0 saturated carbocycles. The Morgan fingerprint density at radius 1 is 1.00 bits per heavy atom. The molecule has 1 N–H and O–H groups in total. The van der Waals surface area contributed by atoms with E-state index in [1.165, 1.54) is 0 Å². The highest BCUT2D eigenvalue weighted by molar-refractivity contribution is 5.92. The summed E-state index contributed by atoms with van der Waals surface area (Å²) in [6.45, 7) is 4.38. The highest BCUT2D eigenvalue weighted by Gasteiger charge is 2.06. The highest BCUT2D eigenvalue weighted by atomic mass is 16.5. The molecular weight excluding hydrogens is 342 g/mol. The molecule has 0 unspecified atom stereocenters. The van der Waals surface area contributed by atoms with Crippen LogP contribution in [0.5, 0.6) is 11.6 Å². The molecule has 0 spiro atoms. The van der Waals surface area contributed by atoms with E-state index in [0.717, 1.165) is 16.8 Å². The Labute approximate surface area is 158 Å². The van der Waals surface area contributed by atoms with Gasteiger partial charge in [-0.05, 0) is 49.7 Å². The van der Waals surface area contributed by atoms with E-state index in [2.05, 4.69) is 15.5 Å². The number of nitrogens with one attached hydrogen (secondary N) is 1. The Bertz CT molecular complexity index is 893. The minimum absolute atomic E-state index is 0.0461. The first-order chi connectivity index (χ1) is 13.1. The van der Waals surface area contributed by atoms with Crippen LogP contribution in [0.15, 0.2) is 60.7 Å². The molecule has 3 aromatic rings. The molecular formula is C21H21N3O3. The Morgan fingerprint density at radius 3 is 2.48 bits per heavy atom. The number of hydrogen-bond donors (Lipinski definition) is 1. The van der Waals surface area contributed by atoms with E-state index in [-0.39, 0.29) is 12.5 Å². The number of carbonyl (C=O) groups is 1. The van der Waals surface area contributed by atoms with E-state index in [1.807, 2.05) is 68.4 Å². The van der Waals surface area contributed by atoms with Gasteiger partial charge in [0.2, 0.25) is 5.88 Å². The van der Waals surface area contributed by atoms with Gasteiger partial charge >= 0.3 is 0 Å². The molecule has 6 heteroatoms. The van der Waals surface area contributed by atoms with Crippen molar-refractivity contribution in [2.24, 2.45) is 0 Å². The van der Waals surface area contributed by atoms with E-state index in [0.29, 0.717) is 23.9 Å². The van der Waals surface area contributed by atoms with Gasteiger partial charge < -0.3 is 14.8 Å². The van der Waals surface area contributed by atoms with E-state index >= 15 is 0 Å². The predicted molar refractivity (Wildman–Crippen MR) is 104 cm³/mol. The molecule has 0 aliphatic heterocycles. The smallest absolute Gasteiger partial charge is 0.262 e. The number of amides is 1. The average molecular weight is 363 g/mol. The van der Waals surface area contributed by atoms with Crippen LogP contribution >= 0.6 is 0 Å². The van der Waals surface area contributed by atoms with Crippen molar-refractivity contribution in [3.8, 4) is 22.9 Å². The first kappa shape index (κ1) is 18.4. The standard InChI is InChI=1S/C21H21N3O3/c1-3-26-21-12-11-19(23-24-21)16-7-9-17(10-8-16)22-20(25)14-27-18-6-4-5-15(2)13-18/h4-13H,3,14H2,1-2H3,(H,22,25). The van der Waals surface area contributed by atoms with Crippen molar-refractivity contribution >= 4 is 11.6 Å². The number of benzene rings is 2.